The number of halogens is 1. The molecule has 0 aliphatic heterocycles. The van der Waals surface area contributed by atoms with Crippen molar-refractivity contribution >= 4 is 27.8 Å². The number of rotatable bonds is 1. The normalized spacial score (nSPS) is 13.8. The first-order valence-corrected chi connectivity index (χ1v) is 4.96. The number of hydrogen-bond acceptors (Lipinski definition) is 1. The molecule has 0 saturated heterocycles. The quantitative estimate of drug-likeness (QED) is 0.733. The van der Waals surface area contributed by atoms with E-state index < -0.39 is 0 Å². The van der Waals surface area contributed by atoms with Crippen LogP contribution in [-0.4, -0.2) is 5.78 Å². The topological polar surface area (TPSA) is 17.1 Å². The molecule has 0 saturated carbocycles. The highest BCUT2D eigenvalue weighted by molar-refractivity contribution is 9.10. The van der Waals surface area contributed by atoms with Crippen LogP contribution in [0.2, 0.25) is 0 Å². The van der Waals surface area contributed by atoms with E-state index in [1.165, 1.54) is 11.1 Å². The van der Waals surface area contributed by atoms with Gasteiger partial charge in [0.2, 0.25) is 0 Å². The molecule has 2 rings (SSSR count). The standard InChI is InChI=1S/C11H9BrO/c1-7(13)9-5-8-3-2-4-11(12)10(8)6-9/h2-5H,6H2,1H3. The van der Waals surface area contributed by atoms with Gasteiger partial charge in [-0.1, -0.05) is 28.1 Å². The predicted molar refractivity (Wildman–Crippen MR) is 56.5 cm³/mol. The zero-order valence-electron chi connectivity index (χ0n) is 7.30. The lowest BCUT2D eigenvalue weighted by molar-refractivity contribution is -0.113. The summed E-state index contributed by atoms with van der Waals surface area (Å²) in [5.41, 5.74) is 3.30. The molecule has 0 unspecified atom stereocenters. The average Bonchev–Trinajstić information content (AvgIpc) is 2.49. The van der Waals surface area contributed by atoms with Gasteiger partial charge in [0.15, 0.2) is 5.78 Å². The molecule has 13 heavy (non-hydrogen) atoms. The van der Waals surface area contributed by atoms with Gasteiger partial charge < -0.3 is 0 Å². The Kier molecular flexibility index (Phi) is 2.08. The van der Waals surface area contributed by atoms with Crippen LogP contribution in [-0.2, 0) is 11.2 Å². The van der Waals surface area contributed by atoms with Gasteiger partial charge in [0, 0.05) is 10.9 Å². The number of hydrogen-bond donors (Lipinski definition) is 0. The summed E-state index contributed by atoms with van der Waals surface area (Å²) in [7, 11) is 0. The van der Waals surface area contributed by atoms with E-state index >= 15 is 0 Å². The van der Waals surface area contributed by atoms with Crippen molar-refractivity contribution in [1.29, 1.82) is 0 Å². The number of allylic oxidation sites excluding steroid dienone is 1. The van der Waals surface area contributed by atoms with E-state index in [1.807, 2.05) is 24.3 Å². The Morgan fingerprint density at radius 2 is 2.23 bits per heavy atom. The van der Waals surface area contributed by atoms with E-state index in [0.717, 1.165) is 16.5 Å². The maximum absolute atomic E-state index is 11.1. The lowest BCUT2D eigenvalue weighted by Gasteiger charge is -2.00. The molecule has 0 N–H and O–H groups in total. The summed E-state index contributed by atoms with van der Waals surface area (Å²) in [6, 6.07) is 6.04. The SMILES string of the molecule is CC(=O)C1=Cc2cccc(Br)c2C1. The van der Waals surface area contributed by atoms with Gasteiger partial charge in [-0.05, 0) is 35.8 Å². The van der Waals surface area contributed by atoms with E-state index in [-0.39, 0.29) is 5.78 Å². The van der Waals surface area contributed by atoms with Crippen molar-refractivity contribution in [2.24, 2.45) is 0 Å². The van der Waals surface area contributed by atoms with Gasteiger partial charge in [-0.2, -0.15) is 0 Å². The molecule has 66 valence electrons. The summed E-state index contributed by atoms with van der Waals surface area (Å²) in [6.07, 6.45) is 2.74. The van der Waals surface area contributed by atoms with Crippen LogP contribution in [0.3, 0.4) is 0 Å². The Labute approximate surface area is 85.6 Å². The third-order valence-electron chi connectivity index (χ3n) is 2.30. The fourth-order valence-corrected chi connectivity index (χ4v) is 2.07. The van der Waals surface area contributed by atoms with Crippen LogP contribution in [0.4, 0.5) is 0 Å². The molecule has 0 spiro atoms. The van der Waals surface area contributed by atoms with Crippen molar-refractivity contribution in [2.45, 2.75) is 13.3 Å². The van der Waals surface area contributed by atoms with E-state index in [9.17, 15) is 4.79 Å². The number of Topliss-reactive ketones (excluding diaryl/α,β-unsaturated/α-hetero) is 1. The van der Waals surface area contributed by atoms with Gasteiger partial charge in [-0.3, -0.25) is 4.79 Å². The smallest absolute Gasteiger partial charge is 0.156 e. The molecule has 0 heterocycles. The largest absolute Gasteiger partial charge is 0.295 e. The highest BCUT2D eigenvalue weighted by Gasteiger charge is 2.17. The van der Waals surface area contributed by atoms with Crippen molar-refractivity contribution in [3.63, 3.8) is 0 Å². The fraction of sp³-hybridized carbons (Fsp3) is 0.182. The minimum absolute atomic E-state index is 0.170. The molecule has 1 nitrogen and oxygen atoms in total. The molecule has 0 aromatic heterocycles. The second-order valence-electron chi connectivity index (χ2n) is 3.21. The molecule has 0 amide bonds. The third-order valence-corrected chi connectivity index (χ3v) is 3.05. The van der Waals surface area contributed by atoms with Crippen molar-refractivity contribution in [3.05, 3.63) is 39.4 Å². The third kappa shape index (κ3) is 1.46. The number of carbonyl (C=O) groups excluding carboxylic acids is 1. The molecule has 1 aromatic carbocycles. The first-order valence-electron chi connectivity index (χ1n) is 4.17. The monoisotopic (exact) mass is 236 g/mol. The lowest BCUT2D eigenvalue weighted by atomic mass is 10.1. The Morgan fingerprint density at radius 3 is 2.85 bits per heavy atom. The predicted octanol–water partition coefficient (Wildman–Crippen LogP) is 2.98. The van der Waals surface area contributed by atoms with Gasteiger partial charge in [0.05, 0.1) is 0 Å². The van der Waals surface area contributed by atoms with Crippen molar-refractivity contribution < 1.29 is 4.79 Å². The molecule has 1 aliphatic carbocycles. The van der Waals surface area contributed by atoms with E-state index in [1.54, 1.807) is 6.92 Å². The second kappa shape index (κ2) is 3.11. The van der Waals surface area contributed by atoms with Crippen LogP contribution in [0.25, 0.3) is 6.08 Å². The van der Waals surface area contributed by atoms with Gasteiger partial charge in [-0.15, -0.1) is 0 Å². The summed E-state index contributed by atoms with van der Waals surface area (Å²) in [6.45, 7) is 1.62. The number of benzene rings is 1. The van der Waals surface area contributed by atoms with E-state index in [0.29, 0.717) is 0 Å². The van der Waals surface area contributed by atoms with Crippen molar-refractivity contribution in [1.82, 2.24) is 0 Å². The van der Waals surface area contributed by atoms with E-state index in [4.69, 9.17) is 0 Å². The maximum Gasteiger partial charge on any atom is 0.156 e. The molecular formula is C11H9BrO. The summed E-state index contributed by atoms with van der Waals surface area (Å²) in [5.74, 6) is 0.170. The zero-order chi connectivity index (χ0) is 9.42. The first-order chi connectivity index (χ1) is 6.18. The van der Waals surface area contributed by atoms with Crippen LogP contribution in [0, 0.1) is 0 Å². The molecule has 0 bridgehead atoms. The highest BCUT2D eigenvalue weighted by Crippen LogP contribution is 2.31. The molecule has 1 aliphatic rings. The average molecular weight is 237 g/mol. The van der Waals surface area contributed by atoms with Crippen molar-refractivity contribution in [3.8, 4) is 0 Å². The first kappa shape index (κ1) is 8.70. The molecule has 0 radical (unpaired) electrons. The van der Waals surface area contributed by atoms with Gasteiger partial charge in [0.1, 0.15) is 0 Å². The molecule has 1 aromatic rings. The number of carbonyl (C=O) groups is 1. The Balaban J connectivity index is 2.46. The Hall–Kier alpha value is -0.890. The summed E-state index contributed by atoms with van der Waals surface area (Å²) >= 11 is 3.48. The minimum atomic E-state index is 0.170. The minimum Gasteiger partial charge on any atom is -0.295 e. The molecular weight excluding hydrogens is 228 g/mol. The second-order valence-corrected chi connectivity index (χ2v) is 4.06. The zero-order valence-corrected chi connectivity index (χ0v) is 8.89. The number of fused-ring (bicyclic) bond motifs is 1. The highest BCUT2D eigenvalue weighted by atomic mass is 79.9. The van der Waals surface area contributed by atoms with Crippen LogP contribution in [0.1, 0.15) is 18.1 Å². The summed E-state index contributed by atoms with van der Waals surface area (Å²) in [5, 5.41) is 0. The van der Waals surface area contributed by atoms with Crippen LogP contribution < -0.4 is 0 Å². The van der Waals surface area contributed by atoms with Gasteiger partial charge in [0.25, 0.3) is 0 Å². The van der Waals surface area contributed by atoms with Crippen molar-refractivity contribution in [2.75, 3.05) is 0 Å². The molecule has 0 atom stereocenters. The fourth-order valence-electron chi connectivity index (χ4n) is 1.55. The van der Waals surface area contributed by atoms with E-state index in [2.05, 4.69) is 15.9 Å². The van der Waals surface area contributed by atoms with Crippen LogP contribution in [0.5, 0.6) is 0 Å². The van der Waals surface area contributed by atoms with Crippen LogP contribution >= 0.6 is 15.9 Å². The van der Waals surface area contributed by atoms with Gasteiger partial charge in [-0.25, -0.2) is 0 Å². The van der Waals surface area contributed by atoms with Gasteiger partial charge >= 0.3 is 0 Å². The summed E-state index contributed by atoms with van der Waals surface area (Å²) in [4.78, 5) is 11.1. The lowest BCUT2D eigenvalue weighted by Crippen LogP contribution is -1.95. The molecule has 0 fully saturated rings. The Morgan fingerprint density at radius 1 is 1.46 bits per heavy atom. The maximum atomic E-state index is 11.1. The molecule has 2 heteroatoms. The van der Waals surface area contributed by atoms with Crippen LogP contribution in [0.15, 0.2) is 28.2 Å². The number of ketones is 1. The summed E-state index contributed by atoms with van der Waals surface area (Å²) < 4.78 is 1.09. The Bertz CT molecular complexity index is 405.